The molecule has 40 heavy (non-hydrogen) atoms. The third-order valence-electron chi connectivity index (χ3n) is 6.62. The highest BCUT2D eigenvalue weighted by molar-refractivity contribution is 5.92. The molecule has 3 atom stereocenters. The van der Waals surface area contributed by atoms with Gasteiger partial charge < -0.3 is 37.3 Å². The van der Waals surface area contributed by atoms with E-state index in [9.17, 15) is 19.5 Å². The lowest BCUT2D eigenvalue weighted by molar-refractivity contribution is -0.143. The molecule has 2 rings (SSSR count). The molecule has 1 aromatic carbocycles. The fourth-order valence-corrected chi connectivity index (χ4v) is 4.20. The van der Waals surface area contributed by atoms with Crippen molar-refractivity contribution in [2.75, 3.05) is 25.5 Å². The van der Waals surface area contributed by atoms with Crippen LogP contribution in [0.3, 0.4) is 0 Å². The van der Waals surface area contributed by atoms with Gasteiger partial charge in [0, 0.05) is 35.1 Å². The second kappa shape index (κ2) is 15.4. The van der Waals surface area contributed by atoms with E-state index in [1.807, 2.05) is 25.1 Å². The van der Waals surface area contributed by atoms with Crippen molar-refractivity contribution in [3.05, 3.63) is 30.0 Å². The molecule has 8 N–H and O–H groups in total. The second-order valence-electron chi connectivity index (χ2n) is 11.2. The maximum Gasteiger partial charge on any atom is 0.326 e. The summed E-state index contributed by atoms with van der Waals surface area (Å²) >= 11 is 0. The summed E-state index contributed by atoms with van der Waals surface area (Å²) in [5.74, 6) is -1.60. The van der Waals surface area contributed by atoms with Gasteiger partial charge in [-0.1, -0.05) is 33.3 Å². The molecule has 0 saturated carbocycles. The summed E-state index contributed by atoms with van der Waals surface area (Å²) in [5, 5.41) is 19.1. The number of nitrogens with one attached hydrogen (secondary N) is 3. The molecule has 2 amide bonds. The number of methoxy groups -OCH3 is 1. The Morgan fingerprint density at radius 3 is 2.45 bits per heavy atom. The molecular weight excluding hydrogens is 512 g/mol. The third-order valence-corrected chi connectivity index (χ3v) is 6.62. The fraction of sp³-hybridized carbons (Fsp3) is 0.586. The molecule has 0 fully saturated rings. The number of aromatic nitrogens is 1. The number of carboxylic acid groups (broad SMARTS) is 1. The van der Waals surface area contributed by atoms with E-state index in [4.69, 9.17) is 21.2 Å². The Kier molecular flexibility index (Phi) is 12.6. The molecule has 1 aromatic heterocycles. The summed E-state index contributed by atoms with van der Waals surface area (Å²) in [6, 6.07) is 5.86. The van der Waals surface area contributed by atoms with Gasteiger partial charge in [0.15, 0.2) is 0 Å². The van der Waals surface area contributed by atoms with Crippen LogP contribution in [0, 0.1) is 0 Å². The molecule has 0 aliphatic carbocycles. The highest BCUT2D eigenvalue weighted by Gasteiger charge is 2.25. The highest BCUT2D eigenvalue weighted by Crippen LogP contribution is 2.31. The van der Waals surface area contributed by atoms with E-state index in [0.717, 1.165) is 40.9 Å². The Balaban J connectivity index is 1.89. The monoisotopic (exact) mass is 558 g/mol. The Morgan fingerprint density at radius 1 is 1.10 bits per heavy atom. The van der Waals surface area contributed by atoms with E-state index in [1.165, 1.54) is 0 Å². The average Bonchev–Trinajstić information content (AvgIpc) is 2.89. The van der Waals surface area contributed by atoms with Gasteiger partial charge in [0.1, 0.15) is 11.8 Å². The molecule has 222 valence electrons. The van der Waals surface area contributed by atoms with E-state index in [0.29, 0.717) is 32.4 Å². The van der Waals surface area contributed by atoms with Crippen LogP contribution in [0.4, 0.5) is 5.69 Å². The van der Waals surface area contributed by atoms with Crippen molar-refractivity contribution in [1.82, 2.24) is 15.6 Å². The molecule has 11 heteroatoms. The van der Waals surface area contributed by atoms with Gasteiger partial charge in [-0.05, 0) is 51.3 Å². The number of hydrogen-bond acceptors (Lipinski definition) is 8. The molecule has 0 saturated heterocycles. The number of nitrogens with two attached hydrogens (primary N) is 2. The van der Waals surface area contributed by atoms with Crippen LogP contribution in [0.5, 0.6) is 5.75 Å². The van der Waals surface area contributed by atoms with E-state index in [-0.39, 0.29) is 17.9 Å². The number of aliphatic carboxylic acids is 1. The maximum atomic E-state index is 12.4. The van der Waals surface area contributed by atoms with E-state index < -0.39 is 29.9 Å². The van der Waals surface area contributed by atoms with Crippen LogP contribution < -0.4 is 32.2 Å². The van der Waals surface area contributed by atoms with Gasteiger partial charge >= 0.3 is 5.97 Å². The van der Waals surface area contributed by atoms with Crippen LogP contribution >= 0.6 is 0 Å². The largest absolute Gasteiger partial charge is 0.497 e. The Labute approximate surface area is 236 Å². The van der Waals surface area contributed by atoms with Gasteiger partial charge in [0.05, 0.1) is 30.8 Å². The van der Waals surface area contributed by atoms with E-state index in [1.54, 1.807) is 7.11 Å². The minimum absolute atomic E-state index is 0.0686. The SMILES string of the molecule is COc1cc(NC(C)CCCNC(=O)CC(NC(=O)[C@@H](N)CCCCN)C(=O)O)c2nc(C(C)(C)C)ccc2c1. The molecular formula is C29H46N6O5. The first kappa shape index (κ1) is 32.8. The van der Waals surface area contributed by atoms with Gasteiger partial charge in [0.2, 0.25) is 11.8 Å². The first-order valence-corrected chi connectivity index (χ1v) is 13.9. The lowest BCUT2D eigenvalue weighted by Crippen LogP contribution is -2.50. The van der Waals surface area contributed by atoms with Crippen LogP contribution in [0.1, 0.15) is 71.9 Å². The van der Waals surface area contributed by atoms with Crippen LogP contribution in [0.15, 0.2) is 24.3 Å². The number of nitrogens with zero attached hydrogens (tertiary/aromatic N) is 1. The summed E-state index contributed by atoms with van der Waals surface area (Å²) < 4.78 is 5.48. The minimum Gasteiger partial charge on any atom is -0.497 e. The summed E-state index contributed by atoms with van der Waals surface area (Å²) in [4.78, 5) is 41.1. The smallest absolute Gasteiger partial charge is 0.326 e. The van der Waals surface area contributed by atoms with E-state index >= 15 is 0 Å². The van der Waals surface area contributed by atoms with Crippen LogP contribution in [0.25, 0.3) is 10.9 Å². The number of carboxylic acids is 1. The van der Waals surface area contributed by atoms with Gasteiger partial charge in [-0.2, -0.15) is 0 Å². The number of carbonyl (C=O) groups is 3. The minimum atomic E-state index is -1.35. The highest BCUT2D eigenvalue weighted by atomic mass is 16.5. The molecule has 0 bridgehead atoms. The van der Waals surface area contributed by atoms with Crippen molar-refractivity contribution in [2.45, 2.75) is 89.8 Å². The average molecular weight is 559 g/mol. The summed E-state index contributed by atoms with van der Waals surface area (Å²) in [7, 11) is 1.63. The standard InChI is InChI=1S/C29H46N6O5/c1-18(33-22-16-20(40-5)15-19-11-12-24(29(2,3)4)35-26(19)22)9-8-14-32-25(36)17-23(28(38)39)34-27(37)21(31)10-6-7-13-30/h11-12,15-16,18,21,23,33H,6-10,13-14,17,30-31H2,1-5H3,(H,32,36)(H,34,37)(H,38,39)/t18?,21-,23?/m0/s1. The summed E-state index contributed by atoms with van der Waals surface area (Å²) in [5.41, 5.74) is 13.9. The maximum absolute atomic E-state index is 12.4. The second-order valence-corrected chi connectivity index (χ2v) is 11.2. The van der Waals surface area contributed by atoms with Gasteiger partial charge in [-0.25, -0.2) is 4.79 Å². The van der Waals surface area contributed by atoms with Gasteiger partial charge in [-0.15, -0.1) is 0 Å². The number of rotatable bonds is 16. The lowest BCUT2D eigenvalue weighted by atomic mass is 9.91. The predicted molar refractivity (Wildman–Crippen MR) is 157 cm³/mol. The Bertz CT molecular complexity index is 1150. The number of pyridine rings is 1. The number of anilines is 1. The van der Waals surface area contributed by atoms with Crippen LogP contribution in [-0.4, -0.2) is 66.2 Å². The molecule has 0 radical (unpaired) electrons. The molecule has 0 aliphatic heterocycles. The number of carbonyl (C=O) groups excluding carboxylic acids is 2. The Hall–Kier alpha value is -3.44. The van der Waals surface area contributed by atoms with Crippen molar-refractivity contribution in [1.29, 1.82) is 0 Å². The van der Waals surface area contributed by atoms with Gasteiger partial charge in [0.25, 0.3) is 0 Å². The van der Waals surface area contributed by atoms with Crippen LogP contribution in [-0.2, 0) is 19.8 Å². The van der Waals surface area contributed by atoms with Crippen molar-refractivity contribution < 1.29 is 24.2 Å². The number of fused-ring (bicyclic) bond motifs is 1. The molecule has 0 spiro atoms. The van der Waals surface area contributed by atoms with Crippen molar-refractivity contribution in [3.63, 3.8) is 0 Å². The topological polar surface area (TPSA) is 182 Å². The molecule has 0 aliphatic rings. The number of unbranched alkanes of at least 4 members (excludes halogenated alkanes) is 1. The zero-order valence-electron chi connectivity index (χ0n) is 24.4. The summed E-state index contributed by atoms with van der Waals surface area (Å²) in [6.45, 7) is 9.29. The lowest BCUT2D eigenvalue weighted by Gasteiger charge is -2.21. The number of benzene rings is 1. The molecule has 1 heterocycles. The number of ether oxygens (including phenoxy) is 1. The van der Waals surface area contributed by atoms with Crippen molar-refractivity contribution in [3.8, 4) is 5.75 Å². The quantitative estimate of drug-likeness (QED) is 0.169. The third kappa shape index (κ3) is 10.3. The molecule has 2 aromatic rings. The normalized spacial score (nSPS) is 13.8. The first-order valence-electron chi connectivity index (χ1n) is 13.9. The zero-order valence-corrected chi connectivity index (χ0v) is 24.4. The molecule has 11 nitrogen and oxygen atoms in total. The van der Waals surface area contributed by atoms with E-state index in [2.05, 4.69) is 42.8 Å². The van der Waals surface area contributed by atoms with Gasteiger partial charge in [-0.3, -0.25) is 14.6 Å². The fourth-order valence-electron chi connectivity index (χ4n) is 4.20. The molecule has 2 unspecified atom stereocenters. The summed E-state index contributed by atoms with van der Waals surface area (Å²) in [6.07, 6.45) is 2.83. The number of hydrogen-bond donors (Lipinski definition) is 6. The van der Waals surface area contributed by atoms with Crippen molar-refractivity contribution >= 4 is 34.4 Å². The van der Waals surface area contributed by atoms with Crippen LogP contribution in [0.2, 0.25) is 0 Å². The zero-order chi connectivity index (χ0) is 29.9. The van der Waals surface area contributed by atoms with Crippen molar-refractivity contribution in [2.24, 2.45) is 11.5 Å². The first-order chi connectivity index (χ1) is 18.8. The predicted octanol–water partition coefficient (Wildman–Crippen LogP) is 2.65. The Morgan fingerprint density at radius 2 is 1.82 bits per heavy atom. The number of amides is 2.